The number of piperidine rings is 1. The van der Waals surface area contributed by atoms with Crippen LogP contribution in [0.25, 0.3) is 0 Å². The lowest BCUT2D eigenvalue weighted by molar-refractivity contribution is 0.0591. The lowest BCUT2D eigenvalue weighted by Gasteiger charge is -2.37. The second-order valence-corrected chi connectivity index (χ2v) is 6.31. The predicted molar refractivity (Wildman–Crippen MR) is 87.6 cm³/mol. The van der Waals surface area contributed by atoms with Crippen molar-refractivity contribution in [1.82, 2.24) is 14.7 Å². The summed E-state index contributed by atoms with van der Waals surface area (Å²) < 4.78 is 2.03. The number of nitrogens with zero attached hydrogens (tertiary/aromatic N) is 3. The van der Waals surface area contributed by atoms with Gasteiger partial charge in [0, 0.05) is 18.8 Å². The molecule has 1 fully saturated rings. The Morgan fingerprint density at radius 3 is 2.82 bits per heavy atom. The monoisotopic (exact) mass is 299 g/mol. The van der Waals surface area contributed by atoms with Crippen LogP contribution in [0.1, 0.15) is 36.5 Å². The molecule has 4 heteroatoms. The molecule has 0 unspecified atom stereocenters. The maximum atomic E-state index is 10.5. The highest BCUT2D eigenvalue weighted by atomic mass is 16.3. The van der Waals surface area contributed by atoms with Gasteiger partial charge in [-0.2, -0.15) is 5.10 Å². The second kappa shape index (κ2) is 7.07. The quantitative estimate of drug-likeness (QED) is 0.923. The van der Waals surface area contributed by atoms with E-state index in [9.17, 15) is 5.11 Å². The zero-order chi connectivity index (χ0) is 15.4. The molecule has 2 atom stereocenters. The van der Waals surface area contributed by atoms with E-state index in [2.05, 4.69) is 23.1 Å². The van der Waals surface area contributed by atoms with E-state index in [-0.39, 0.29) is 0 Å². The summed E-state index contributed by atoms with van der Waals surface area (Å²) in [5.41, 5.74) is 2.20. The van der Waals surface area contributed by atoms with Crippen LogP contribution < -0.4 is 0 Å². The summed E-state index contributed by atoms with van der Waals surface area (Å²) >= 11 is 0. The van der Waals surface area contributed by atoms with Crippen LogP contribution in [0, 0.1) is 6.92 Å². The third-order valence-electron chi connectivity index (χ3n) is 4.50. The number of benzene rings is 1. The summed E-state index contributed by atoms with van der Waals surface area (Å²) in [5, 5.41) is 14.9. The van der Waals surface area contributed by atoms with Gasteiger partial charge in [-0.1, -0.05) is 36.8 Å². The van der Waals surface area contributed by atoms with Gasteiger partial charge in [-0.05, 0) is 37.4 Å². The fourth-order valence-electron chi connectivity index (χ4n) is 3.29. The lowest BCUT2D eigenvalue weighted by Crippen LogP contribution is -2.44. The number of aryl methyl sites for hydroxylation is 1. The lowest BCUT2D eigenvalue weighted by atomic mass is 10.00. The van der Waals surface area contributed by atoms with E-state index in [0.29, 0.717) is 12.6 Å². The molecule has 118 valence electrons. The molecule has 2 aromatic rings. The third kappa shape index (κ3) is 3.76. The first-order valence-electron chi connectivity index (χ1n) is 8.18. The van der Waals surface area contributed by atoms with E-state index in [4.69, 9.17) is 0 Å². The zero-order valence-corrected chi connectivity index (χ0v) is 13.2. The van der Waals surface area contributed by atoms with Crippen LogP contribution in [0.5, 0.6) is 0 Å². The molecule has 1 saturated heterocycles. The second-order valence-electron chi connectivity index (χ2n) is 6.31. The number of rotatable bonds is 5. The number of β-amino-alcohol motifs (C(OH)–C–C–N with tert-alkyl or cyclic N) is 1. The summed E-state index contributed by atoms with van der Waals surface area (Å²) in [6, 6.07) is 10.4. The van der Waals surface area contributed by atoms with Crippen LogP contribution in [0.2, 0.25) is 0 Å². The van der Waals surface area contributed by atoms with Gasteiger partial charge in [-0.15, -0.1) is 0 Å². The van der Waals surface area contributed by atoms with E-state index >= 15 is 0 Å². The third-order valence-corrected chi connectivity index (χ3v) is 4.50. The van der Waals surface area contributed by atoms with Crippen molar-refractivity contribution in [2.24, 2.45) is 0 Å². The van der Waals surface area contributed by atoms with Crippen molar-refractivity contribution < 1.29 is 5.11 Å². The van der Waals surface area contributed by atoms with Gasteiger partial charge in [0.15, 0.2) is 0 Å². The summed E-state index contributed by atoms with van der Waals surface area (Å²) in [7, 11) is 0. The normalized spacial score (nSPS) is 20.9. The highest BCUT2D eigenvalue weighted by molar-refractivity contribution is 5.17. The van der Waals surface area contributed by atoms with Crippen molar-refractivity contribution >= 4 is 0 Å². The Morgan fingerprint density at radius 2 is 2.09 bits per heavy atom. The van der Waals surface area contributed by atoms with Crippen LogP contribution in [0.4, 0.5) is 0 Å². The minimum atomic E-state index is -0.416. The Bertz CT molecular complexity index is 581. The Balaban J connectivity index is 1.64. The molecule has 0 spiro atoms. The van der Waals surface area contributed by atoms with Gasteiger partial charge < -0.3 is 5.11 Å². The van der Waals surface area contributed by atoms with Crippen molar-refractivity contribution in [1.29, 1.82) is 0 Å². The Labute approximate surface area is 132 Å². The summed E-state index contributed by atoms with van der Waals surface area (Å²) in [5.74, 6) is 0. The van der Waals surface area contributed by atoms with Gasteiger partial charge >= 0.3 is 0 Å². The average Bonchev–Trinajstić information content (AvgIpc) is 2.95. The van der Waals surface area contributed by atoms with Crippen molar-refractivity contribution in [2.75, 3.05) is 13.1 Å². The van der Waals surface area contributed by atoms with E-state index in [1.807, 2.05) is 41.2 Å². The van der Waals surface area contributed by atoms with Crippen molar-refractivity contribution in [2.45, 2.75) is 44.9 Å². The number of likely N-dealkylation sites (tertiary alicyclic amines) is 1. The van der Waals surface area contributed by atoms with E-state index in [1.165, 1.54) is 24.8 Å². The van der Waals surface area contributed by atoms with Crippen LogP contribution in [0.15, 0.2) is 42.7 Å². The largest absolute Gasteiger partial charge is 0.387 e. The number of hydrogen-bond donors (Lipinski definition) is 1. The molecule has 0 saturated carbocycles. The van der Waals surface area contributed by atoms with E-state index < -0.39 is 6.10 Å². The van der Waals surface area contributed by atoms with Gasteiger partial charge in [-0.3, -0.25) is 9.58 Å². The predicted octanol–water partition coefficient (Wildman–Crippen LogP) is 2.78. The Morgan fingerprint density at radius 1 is 1.27 bits per heavy atom. The molecular weight excluding hydrogens is 274 g/mol. The van der Waals surface area contributed by atoms with Crippen molar-refractivity contribution in [3.8, 4) is 0 Å². The molecule has 0 radical (unpaired) electrons. The molecule has 1 aliphatic heterocycles. The molecular formula is C18H25N3O. The molecule has 1 aromatic heterocycles. The van der Waals surface area contributed by atoms with E-state index in [0.717, 1.165) is 18.7 Å². The van der Waals surface area contributed by atoms with Crippen molar-refractivity contribution in [3.63, 3.8) is 0 Å². The van der Waals surface area contributed by atoms with Gasteiger partial charge in [0.2, 0.25) is 0 Å². The van der Waals surface area contributed by atoms with Crippen LogP contribution in [-0.4, -0.2) is 38.9 Å². The maximum absolute atomic E-state index is 10.5. The molecule has 0 bridgehead atoms. The minimum Gasteiger partial charge on any atom is -0.387 e. The zero-order valence-electron chi connectivity index (χ0n) is 13.2. The smallest absolute Gasteiger partial charge is 0.0917 e. The molecule has 22 heavy (non-hydrogen) atoms. The molecule has 0 amide bonds. The number of aliphatic hydroxyl groups is 1. The fourth-order valence-corrected chi connectivity index (χ4v) is 3.29. The number of aromatic nitrogens is 2. The topological polar surface area (TPSA) is 41.3 Å². The average molecular weight is 299 g/mol. The maximum Gasteiger partial charge on any atom is 0.0917 e. The standard InChI is InChI=1S/C18H25N3O/c1-15-11-19-21(12-15)13-17-9-5-6-10-20(17)14-18(22)16-7-3-2-4-8-16/h2-4,7-8,11-12,17-18,22H,5-6,9-10,13-14H2,1H3/t17-,18+/m0/s1. The molecule has 1 aromatic carbocycles. The first kappa shape index (κ1) is 15.3. The summed E-state index contributed by atoms with van der Waals surface area (Å²) in [6.07, 6.45) is 7.26. The molecule has 3 rings (SSSR count). The first-order valence-corrected chi connectivity index (χ1v) is 8.18. The molecule has 1 N–H and O–H groups in total. The number of hydrogen-bond acceptors (Lipinski definition) is 3. The van der Waals surface area contributed by atoms with Gasteiger partial charge in [0.05, 0.1) is 18.8 Å². The van der Waals surface area contributed by atoms with Crippen LogP contribution in [-0.2, 0) is 6.54 Å². The number of aliphatic hydroxyl groups excluding tert-OH is 1. The fraction of sp³-hybridized carbons (Fsp3) is 0.500. The Hall–Kier alpha value is -1.65. The summed E-state index contributed by atoms with van der Waals surface area (Å²) in [4.78, 5) is 2.43. The van der Waals surface area contributed by atoms with Crippen LogP contribution in [0.3, 0.4) is 0 Å². The van der Waals surface area contributed by atoms with Crippen LogP contribution >= 0.6 is 0 Å². The molecule has 1 aliphatic rings. The van der Waals surface area contributed by atoms with Gasteiger partial charge in [0.1, 0.15) is 0 Å². The first-order chi connectivity index (χ1) is 10.7. The minimum absolute atomic E-state index is 0.416. The van der Waals surface area contributed by atoms with Gasteiger partial charge in [-0.25, -0.2) is 0 Å². The summed E-state index contributed by atoms with van der Waals surface area (Å²) in [6.45, 7) is 4.75. The highest BCUT2D eigenvalue weighted by Gasteiger charge is 2.25. The highest BCUT2D eigenvalue weighted by Crippen LogP contribution is 2.22. The van der Waals surface area contributed by atoms with E-state index in [1.54, 1.807) is 0 Å². The molecule has 4 nitrogen and oxygen atoms in total. The molecule has 0 aliphatic carbocycles. The Kier molecular flexibility index (Phi) is 4.90. The molecule has 2 heterocycles. The van der Waals surface area contributed by atoms with Gasteiger partial charge in [0.25, 0.3) is 0 Å². The SMILES string of the molecule is Cc1cnn(C[C@@H]2CCCCN2C[C@@H](O)c2ccccc2)c1. The van der Waals surface area contributed by atoms with Crippen molar-refractivity contribution in [3.05, 3.63) is 53.9 Å².